The lowest BCUT2D eigenvalue weighted by atomic mass is 9.71. The molecule has 3 aliphatic heterocycles. The molecule has 12 heteroatoms. The van der Waals surface area contributed by atoms with Crippen molar-refractivity contribution in [1.29, 1.82) is 0 Å². The molecule has 0 saturated carbocycles. The number of carbonyl (C=O) groups excluding carboxylic acids is 2. The Hall–Kier alpha value is -2.44. The summed E-state index contributed by atoms with van der Waals surface area (Å²) >= 11 is 5.11. The minimum absolute atomic E-state index is 0.0901. The van der Waals surface area contributed by atoms with Crippen LogP contribution in [0, 0.1) is 17.8 Å². The summed E-state index contributed by atoms with van der Waals surface area (Å²) in [5, 5.41) is 28.7. The molecule has 10 nitrogen and oxygen atoms in total. The van der Waals surface area contributed by atoms with Crippen LogP contribution in [0.15, 0.2) is 36.9 Å². The molecule has 1 aromatic heterocycles. The molecule has 5 rings (SSSR count). The van der Waals surface area contributed by atoms with Crippen LogP contribution in [-0.4, -0.2) is 92.8 Å². The zero-order valence-electron chi connectivity index (χ0n) is 21.3. The van der Waals surface area contributed by atoms with Crippen molar-refractivity contribution in [3.63, 3.8) is 0 Å². The number of nitrogens with zero attached hydrogens (tertiary/aromatic N) is 5. The summed E-state index contributed by atoms with van der Waals surface area (Å²) in [7, 11) is 0. The number of halogens is 1. The molecule has 2 aromatic rings. The van der Waals surface area contributed by atoms with Gasteiger partial charge in [-0.3, -0.25) is 14.4 Å². The van der Waals surface area contributed by atoms with Gasteiger partial charge in [-0.2, -0.15) is 0 Å². The molecule has 2 amide bonds. The highest BCUT2D eigenvalue weighted by Gasteiger charge is 2.76. The van der Waals surface area contributed by atoms with Crippen LogP contribution < -0.4 is 0 Å². The summed E-state index contributed by atoms with van der Waals surface area (Å²) in [5.41, 5.74) is 1.46. The zero-order valence-corrected chi connectivity index (χ0v) is 23.7. The van der Waals surface area contributed by atoms with Gasteiger partial charge in [0.15, 0.2) is 0 Å². The average molecular weight is 607 g/mol. The minimum Gasteiger partial charge on any atom is -0.481 e. The number of aromatic nitrogens is 3. The van der Waals surface area contributed by atoms with E-state index >= 15 is 0 Å². The summed E-state index contributed by atoms with van der Waals surface area (Å²) in [6.07, 6.45) is 2.61. The summed E-state index contributed by atoms with van der Waals surface area (Å²) in [5.74, 6) is -3.27. The Morgan fingerprint density at radius 2 is 2.11 bits per heavy atom. The predicted octanol–water partition coefficient (Wildman–Crippen LogP) is 2.36. The molecule has 2 bridgehead atoms. The molecule has 38 heavy (non-hydrogen) atoms. The van der Waals surface area contributed by atoms with E-state index in [9.17, 15) is 24.6 Å². The number of thioether (sulfide) groups is 1. The van der Waals surface area contributed by atoms with E-state index < -0.39 is 34.6 Å². The molecule has 0 radical (unpaired) electrons. The van der Waals surface area contributed by atoms with E-state index in [-0.39, 0.29) is 47.6 Å². The molecule has 3 aliphatic rings. The Balaban J connectivity index is 1.58. The maximum absolute atomic E-state index is 14.5. The van der Waals surface area contributed by atoms with Gasteiger partial charge in [0.25, 0.3) is 0 Å². The second-order valence-electron chi connectivity index (χ2n) is 10.8. The molecule has 3 unspecified atom stereocenters. The minimum atomic E-state index is -1.03. The maximum atomic E-state index is 14.5. The van der Waals surface area contributed by atoms with Gasteiger partial charge in [0.05, 0.1) is 34.7 Å². The number of carboxylic acid groups (broad SMARTS) is 1. The summed E-state index contributed by atoms with van der Waals surface area (Å²) < 4.78 is 0.724. The quantitative estimate of drug-likeness (QED) is 0.312. The number of para-hydroxylation sites is 1. The monoisotopic (exact) mass is 605 g/mol. The first-order valence-corrected chi connectivity index (χ1v) is 14.6. The Bertz CT molecular complexity index is 1270. The fraction of sp³-hybridized carbons (Fsp3) is 0.577. The van der Waals surface area contributed by atoms with Crippen molar-refractivity contribution in [3.05, 3.63) is 36.9 Å². The molecule has 4 heterocycles. The van der Waals surface area contributed by atoms with Gasteiger partial charge in [-0.1, -0.05) is 53.2 Å². The first-order chi connectivity index (χ1) is 18.1. The largest absolute Gasteiger partial charge is 0.481 e. The Labute approximate surface area is 233 Å². The molecular weight excluding hydrogens is 574 g/mol. The third-order valence-corrected chi connectivity index (χ3v) is 11.2. The molecule has 1 aromatic carbocycles. The molecule has 0 aliphatic carbocycles. The van der Waals surface area contributed by atoms with E-state index in [1.54, 1.807) is 15.7 Å². The number of benzene rings is 1. The van der Waals surface area contributed by atoms with E-state index in [1.165, 1.54) is 16.7 Å². The molecule has 7 atom stereocenters. The number of fused-ring (bicyclic) bond motifs is 2. The van der Waals surface area contributed by atoms with E-state index in [0.29, 0.717) is 18.4 Å². The molecule has 3 saturated heterocycles. The van der Waals surface area contributed by atoms with Crippen LogP contribution in [0.4, 0.5) is 0 Å². The predicted molar refractivity (Wildman–Crippen MR) is 146 cm³/mol. The van der Waals surface area contributed by atoms with Gasteiger partial charge in [0, 0.05) is 16.6 Å². The van der Waals surface area contributed by atoms with E-state index in [1.807, 2.05) is 38.1 Å². The van der Waals surface area contributed by atoms with Crippen molar-refractivity contribution in [2.75, 3.05) is 13.2 Å². The summed E-state index contributed by atoms with van der Waals surface area (Å²) in [4.78, 5) is 44.0. The third kappa shape index (κ3) is 4.15. The third-order valence-electron chi connectivity index (χ3n) is 7.98. The second kappa shape index (κ2) is 10.3. The number of hydrogen-bond donors (Lipinski definition) is 2. The normalized spacial score (nSPS) is 30.7. The highest BCUT2D eigenvalue weighted by molar-refractivity contribution is 9.09. The van der Waals surface area contributed by atoms with Gasteiger partial charge in [0.1, 0.15) is 18.2 Å². The lowest BCUT2D eigenvalue weighted by Crippen LogP contribution is -2.58. The van der Waals surface area contributed by atoms with Gasteiger partial charge in [-0.25, -0.2) is 4.68 Å². The van der Waals surface area contributed by atoms with Crippen molar-refractivity contribution >= 4 is 56.5 Å². The molecule has 3 fully saturated rings. The first-order valence-electron chi connectivity index (χ1n) is 12.8. The lowest BCUT2D eigenvalue weighted by Gasteiger charge is -2.40. The van der Waals surface area contributed by atoms with Crippen molar-refractivity contribution in [2.24, 2.45) is 17.8 Å². The molecule has 1 spiro atoms. The Kier molecular flexibility index (Phi) is 7.34. The number of aliphatic hydroxyl groups excluding tert-OH is 1. The number of likely N-dealkylation sites (tertiary alicyclic amines) is 1. The van der Waals surface area contributed by atoms with Crippen molar-refractivity contribution in [3.8, 4) is 0 Å². The maximum Gasteiger partial charge on any atom is 0.308 e. The number of carboxylic acids is 1. The van der Waals surface area contributed by atoms with Crippen LogP contribution >= 0.6 is 27.7 Å². The van der Waals surface area contributed by atoms with Crippen LogP contribution in [0.2, 0.25) is 0 Å². The fourth-order valence-electron chi connectivity index (χ4n) is 6.57. The van der Waals surface area contributed by atoms with Crippen LogP contribution in [0.5, 0.6) is 0 Å². The molecular formula is C26H32BrN5O5S. The van der Waals surface area contributed by atoms with E-state index in [0.717, 1.165) is 5.52 Å². The standard InChI is InChI=1S/C26H32BrN5O5S/c1-4-9-30(13-31-18-8-6-5-7-17(18)28-29-31)24(35)22-26-11-16(27)21(38-26)19(25(36)37)20(26)23(34)32(22)15(12-33)10-14(2)3/h4-8,14-16,19-22,33H,1,9-13H2,2-3H3,(H,36,37)/t15-,16?,19+,20+,21+,22?,26?/m1/s1. The number of hydrogen-bond acceptors (Lipinski definition) is 7. The topological polar surface area (TPSA) is 129 Å². The van der Waals surface area contributed by atoms with Crippen LogP contribution in [0.25, 0.3) is 11.0 Å². The Morgan fingerprint density at radius 3 is 2.76 bits per heavy atom. The number of aliphatic carboxylic acids is 1. The van der Waals surface area contributed by atoms with Crippen molar-refractivity contribution in [1.82, 2.24) is 24.8 Å². The summed E-state index contributed by atoms with van der Waals surface area (Å²) in [6, 6.07) is 5.92. The highest BCUT2D eigenvalue weighted by Crippen LogP contribution is 2.68. The van der Waals surface area contributed by atoms with Crippen LogP contribution in [0.3, 0.4) is 0 Å². The smallest absolute Gasteiger partial charge is 0.308 e. The Morgan fingerprint density at radius 1 is 1.37 bits per heavy atom. The van der Waals surface area contributed by atoms with E-state index in [4.69, 9.17) is 0 Å². The van der Waals surface area contributed by atoms with Crippen molar-refractivity contribution < 1.29 is 24.6 Å². The van der Waals surface area contributed by atoms with Gasteiger partial charge in [-0.05, 0) is 30.9 Å². The SMILES string of the molecule is C=CCN(Cn1nnc2ccccc21)C(=O)C1N([C@@H](CO)CC(C)C)C(=O)[C@@H]2[C@H](C(=O)O)[C@H]3SC12CC3Br. The van der Waals surface area contributed by atoms with Gasteiger partial charge >= 0.3 is 5.97 Å². The van der Waals surface area contributed by atoms with Crippen LogP contribution in [-0.2, 0) is 21.1 Å². The first kappa shape index (κ1) is 27.1. The number of amides is 2. The summed E-state index contributed by atoms with van der Waals surface area (Å²) in [6.45, 7) is 7.81. The molecule has 204 valence electrons. The molecule has 2 N–H and O–H groups in total. The van der Waals surface area contributed by atoms with Crippen molar-refractivity contribution in [2.45, 2.75) is 60.3 Å². The average Bonchev–Trinajstić information content (AvgIpc) is 3.59. The van der Waals surface area contributed by atoms with Gasteiger partial charge in [-0.15, -0.1) is 23.4 Å². The second-order valence-corrected chi connectivity index (χ2v) is 13.5. The van der Waals surface area contributed by atoms with E-state index in [2.05, 4.69) is 32.8 Å². The number of alkyl halides is 1. The lowest BCUT2D eigenvalue weighted by molar-refractivity contribution is -0.150. The van der Waals surface area contributed by atoms with Gasteiger partial charge < -0.3 is 20.0 Å². The zero-order chi connectivity index (χ0) is 27.4. The van der Waals surface area contributed by atoms with Gasteiger partial charge in [0.2, 0.25) is 11.8 Å². The number of rotatable bonds is 10. The van der Waals surface area contributed by atoms with Crippen LogP contribution in [0.1, 0.15) is 26.7 Å². The fourth-order valence-corrected chi connectivity index (χ4v) is 10.2. The number of carbonyl (C=O) groups is 3. The number of aliphatic hydroxyl groups is 1. The highest BCUT2D eigenvalue weighted by atomic mass is 79.9.